The van der Waals surface area contributed by atoms with Gasteiger partial charge in [0.25, 0.3) is 0 Å². The predicted octanol–water partition coefficient (Wildman–Crippen LogP) is 3.23. The molecule has 4 heteroatoms. The Kier molecular flexibility index (Phi) is 4.38. The molecule has 0 bridgehead atoms. The maximum atomic E-state index is 8.99. The number of hydrogen-bond donors (Lipinski definition) is 2. The van der Waals surface area contributed by atoms with Gasteiger partial charge in [0.2, 0.25) is 0 Å². The van der Waals surface area contributed by atoms with Gasteiger partial charge in [0.15, 0.2) is 0 Å². The first-order valence-electron chi connectivity index (χ1n) is 6.34. The number of nitrogens with two attached hydrogens (primary N) is 1. The van der Waals surface area contributed by atoms with Crippen LogP contribution >= 0.6 is 11.8 Å². The van der Waals surface area contributed by atoms with E-state index in [1.165, 1.54) is 25.7 Å². The van der Waals surface area contributed by atoms with E-state index in [1.54, 1.807) is 6.07 Å². The summed E-state index contributed by atoms with van der Waals surface area (Å²) < 4.78 is 0. The second-order valence-electron chi connectivity index (χ2n) is 4.69. The van der Waals surface area contributed by atoms with Crippen LogP contribution in [0.2, 0.25) is 0 Å². The minimum absolute atomic E-state index is 0.463. The molecule has 3 N–H and O–H groups in total. The van der Waals surface area contributed by atoms with Crippen molar-refractivity contribution in [2.75, 3.05) is 17.3 Å². The Hall–Kier alpha value is -1.34. The Morgan fingerprint density at radius 2 is 2.17 bits per heavy atom. The minimum Gasteiger partial charge on any atom is -0.396 e. The summed E-state index contributed by atoms with van der Waals surface area (Å²) in [5, 5.41) is 13.2. The van der Waals surface area contributed by atoms with E-state index in [1.807, 2.05) is 23.9 Å². The molecule has 1 aliphatic carbocycles. The Morgan fingerprint density at radius 3 is 2.89 bits per heavy atom. The standard InChI is InChI=1S/C14H19N3S/c1-18-13-8-3-2-6-11(13)17-12-7-4-5-10(9-15)14(12)16/h4-5,7,11,13,17H,2-3,6,8,16H2,1H3. The van der Waals surface area contributed by atoms with Crippen LogP contribution in [-0.4, -0.2) is 17.5 Å². The van der Waals surface area contributed by atoms with Gasteiger partial charge in [0.05, 0.1) is 16.9 Å². The van der Waals surface area contributed by atoms with Gasteiger partial charge in [-0.3, -0.25) is 0 Å². The zero-order chi connectivity index (χ0) is 13.0. The van der Waals surface area contributed by atoms with Gasteiger partial charge in [0, 0.05) is 11.3 Å². The van der Waals surface area contributed by atoms with E-state index in [9.17, 15) is 0 Å². The normalized spacial score (nSPS) is 23.3. The zero-order valence-corrected chi connectivity index (χ0v) is 11.5. The third-order valence-electron chi connectivity index (χ3n) is 3.57. The van der Waals surface area contributed by atoms with Crippen LogP contribution in [0.5, 0.6) is 0 Å². The maximum Gasteiger partial charge on any atom is 0.101 e. The molecule has 0 radical (unpaired) electrons. The van der Waals surface area contributed by atoms with Crippen molar-refractivity contribution in [1.82, 2.24) is 0 Å². The molecule has 0 aromatic heterocycles. The predicted molar refractivity (Wildman–Crippen MR) is 78.8 cm³/mol. The van der Waals surface area contributed by atoms with Gasteiger partial charge in [-0.15, -0.1) is 0 Å². The fourth-order valence-corrected chi connectivity index (χ4v) is 3.47. The van der Waals surface area contributed by atoms with Crippen molar-refractivity contribution in [3.05, 3.63) is 23.8 Å². The molecule has 0 aliphatic heterocycles. The lowest BCUT2D eigenvalue weighted by atomic mass is 9.94. The summed E-state index contributed by atoms with van der Waals surface area (Å²) in [5.41, 5.74) is 8.04. The van der Waals surface area contributed by atoms with E-state index in [4.69, 9.17) is 11.0 Å². The van der Waals surface area contributed by atoms with Crippen LogP contribution < -0.4 is 11.1 Å². The molecule has 3 nitrogen and oxygen atoms in total. The van der Waals surface area contributed by atoms with Crippen molar-refractivity contribution in [2.24, 2.45) is 0 Å². The largest absolute Gasteiger partial charge is 0.396 e. The highest BCUT2D eigenvalue weighted by molar-refractivity contribution is 7.99. The van der Waals surface area contributed by atoms with Crippen molar-refractivity contribution < 1.29 is 0 Å². The molecule has 1 saturated carbocycles. The van der Waals surface area contributed by atoms with Crippen LogP contribution in [0.4, 0.5) is 11.4 Å². The number of para-hydroxylation sites is 1. The number of nitrogen functional groups attached to an aromatic ring is 1. The summed E-state index contributed by atoms with van der Waals surface area (Å²) in [6.45, 7) is 0. The molecule has 0 heterocycles. The lowest BCUT2D eigenvalue weighted by Gasteiger charge is -2.32. The molecular weight excluding hydrogens is 242 g/mol. The number of hydrogen-bond acceptors (Lipinski definition) is 4. The first-order valence-corrected chi connectivity index (χ1v) is 7.63. The second-order valence-corrected chi connectivity index (χ2v) is 5.76. The molecule has 1 aliphatic rings. The third kappa shape index (κ3) is 2.73. The average Bonchev–Trinajstić information content (AvgIpc) is 2.42. The third-order valence-corrected chi connectivity index (χ3v) is 4.74. The lowest BCUT2D eigenvalue weighted by molar-refractivity contribution is 0.475. The van der Waals surface area contributed by atoms with Crippen LogP contribution in [0.1, 0.15) is 31.2 Å². The van der Waals surface area contributed by atoms with Gasteiger partial charge in [-0.2, -0.15) is 17.0 Å². The number of rotatable bonds is 3. The summed E-state index contributed by atoms with van der Waals surface area (Å²) in [5.74, 6) is 0. The Balaban J connectivity index is 2.15. The number of nitrogens with zero attached hydrogens (tertiary/aromatic N) is 1. The van der Waals surface area contributed by atoms with E-state index in [0.717, 1.165) is 5.69 Å². The van der Waals surface area contributed by atoms with E-state index in [0.29, 0.717) is 22.5 Å². The Bertz CT molecular complexity index is 453. The SMILES string of the molecule is CSC1CCCCC1Nc1cccc(C#N)c1N. The van der Waals surface area contributed by atoms with Gasteiger partial charge in [-0.05, 0) is 31.2 Å². The molecule has 1 fully saturated rings. The first kappa shape index (κ1) is 13.1. The summed E-state index contributed by atoms with van der Waals surface area (Å²) >= 11 is 1.92. The van der Waals surface area contributed by atoms with Crippen LogP contribution in [0.25, 0.3) is 0 Å². The second kappa shape index (κ2) is 6.01. The van der Waals surface area contributed by atoms with Crippen molar-refractivity contribution in [3.63, 3.8) is 0 Å². The molecule has 2 unspecified atom stereocenters. The van der Waals surface area contributed by atoms with E-state index in [2.05, 4.69) is 17.6 Å². The highest BCUT2D eigenvalue weighted by Gasteiger charge is 2.24. The average molecular weight is 261 g/mol. The number of benzene rings is 1. The smallest absolute Gasteiger partial charge is 0.101 e. The first-order chi connectivity index (χ1) is 8.76. The van der Waals surface area contributed by atoms with Gasteiger partial charge >= 0.3 is 0 Å². The number of thioether (sulfide) groups is 1. The molecule has 1 aromatic carbocycles. The molecule has 1 aromatic rings. The van der Waals surface area contributed by atoms with Gasteiger partial charge < -0.3 is 11.1 Å². The quantitative estimate of drug-likeness (QED) is 0.820. The van der Waals surface area contributed by atoms with Crippen molar-refractivity contribution >= 4 is 23.1 Å². The zero-order valence-electron chi connectivity index (χ0n) is 10.6. The van der Waals surface area contributed by atoms with E-state index in [-0.39, 0.29) is 0 Å². The Morgan fingerprint density at radius 1 is 1.39 bits per heavy atom. The van der Waals surface area contributed by atoms with Crippen molar-refractivity contribution in [2.45, 2.75) is 37.0 Å². The van der Waals surface area contributed by atoms with E-state index < -0.39 is 0 Å². The fraction of sp³-hybridized carbons (Fsp3) is 0.500. The van der Waals surface area contributed by atoms with Crippen LogP contribution in [0.15, 0.2) is 18.2 Å². The molecular formula is C14H19N3S. The highest BCUT2D eigenvalue weighted by atomic mass is 32.2. The molecule has 0 saturated heterocycles. The molecule has 0 spiro atoms. The molecule has 0 amide bonds. The summed E-state index contributed by atoms with van der Waals surface area (Å²) in [7, 11) is 0. The Labute approximate surface area is 113 Å². The van der Waals surface area contributed by atoms with Crippen molar-refractivity contribution in [3.8, 4) is 6.07 Å². The molecule has 18 heavy (non-hydrogen) atoms. The molecule has 96 valence electrons. The van der Waals surface area contributed by atoms with Crippen LogP contribution in [0, 0.1) is 11.3 Å². The van der Waals surface area contributed by atoms with Gasteiger partial charge in [-0.1, -0.05) is 18.9 Å². The van der Waals surface area contributed by atoms with E-state index >= 15 is 0 Å². The number of nitriles is 1. The summed E-state index contributed by atoms with van der Waals surface area (Å²) in [4.78, 5) is 0. The monoisotopic (exact) mass is 261 g/mol. The maximum absolute atomic E-state index is 8.99. The van der Waals surface area contributed by atoms with Crippen LogP contribution in [-0.2, 0) is 0 Å². The molecule has 2 rings (SSSR count). The topological polar surface area (TPSA) is 61.8 Å². The van der Waals surface area contributed by atoms with Gasteiger partial charge in [-0.25, -0.2) is 0 Å². The fourth-order valence-electron chi connectivity index (χ4n) is 2.53. The van der Waals surface area contributed by atoms with Gasteiger partial charge in [0.1, 0.15) is 6.07 Å². The van der Waals surface area contributed by atoms with Crippen LogP contribution in [0.3, 0.4) is 0 Å². The minimum atomic E-state index is 0.463. The summed E-state index contributed by atoms with van der Waals surface area (Å²) in [6.07, 6.45) is 7.20. The summed E-state index contributed by atoms with van der Waals surface area (Å²) in [6, 6.07) is 8.19. The lowest BCUT2D eigenvalue weighted by Crippen LogP contribution is -2.34. The highest BCUT2D eigenvalue weighted by Crippen LogP contribution is 2.31. The number of nitrogens with one attached hydrogen (secondary N) is 1. The number of anilines is 2. The van der Waals surface area contributed by atoms with Crippen molar-refractivity contribution in [1.29, 1.82) is 5.26 Å². The molecule has 2 atom stereocenters.